The van der Waals surface area contributed by atoms with Crippen molar-refractivity contribution in [2.45, 2.75) is 38.6 Å². The van der Waals surface area contributed by atoms with Gasteiger partial charge in [0, 0.05) is 12.2 Å². The number of ether oxygens (including phenoxy) is 1. The molecular weight excluding hydrogens is 280 g/mol. The molecule has 0 aromatic carbocycles. The summed E-state index contributed by atoms with van der Waals surface area (Å²) < 4.78 is 4.94. The van der Waals surface area contributed by atoms with Gasteiger partial charge in [-0.15, -0.1) is 0 Å². The minimum atomic E-state index is -0.580. The Bertz CT molecular complexity index is 487. The van der Waals surface area contributed by atoms with Crippen LogP contribution in [0.25, 0.3) is 0 Å². The van der Waals surface area contributed by atoms with Crippen LogP contribution in [-0.4, -0.2) is 29.5 Å². The van der Waals surface area contributed by atoms with Crippen molar-refractivity contribution in [3.05, 3.63) is 23.0 Å². The second kappa shape index (κ2) is 6.79. The zero-order chi connectivity index (χ0) is 14.5. The van der Waals surface area contributed by atoms with Crippen LogP contribution in [0, 0.1) is 5.92 Å². The van der Waals surface area contributed by atoms with Crippen LogP contribution in [-0.2, 0) is 9.53 Å². The van der Waals surface area contributed by atoms with Crippen LogP contribution in [0.4, 0.5) is 0 Å². The molecule has 6 heteroatoms. The van der Waals surface area contributed by atoms with Crippen molar-refractivity contribution in [2.75, 3.05) is 6.61 Å². The van der Waals surface area contributed by atoms with Gasteiger partial charge < -0.3 is 15.0 Å². The molecular formula is C14H19ClN2O3. The van der Waals surface area contributed by atoms with Crippen molar-refractivity contribution in [3.63, 3.8) is 0 Å². The van der Waals surface area contributed by atoms with Gasteiger partial charge >= 0.3 is 5.97 Å². The molecule has 1 saturated carbocycles. The van der Waals surface area contributed by atoms with E-state index >= 15 is 0 Å². The Hall–Kier alpha value is -1.49. The van der Waals surface area contributed by atoms with Crippen molar-refractivity contribution >= 4 is 23.5 Å². The number of carbonyl (C=O) groups is 2. The van der Waals surface area contributed by atoms with Crippen LogP contribution in [0.1, 0.15) is 43.1 Å². The molecule has 5 nitrogen and oxygen atoms in total. The Morgan fingerprint density at radius 3 is 2.85 bits per heavy atom. The number of aromatic nitrogens is 1. The van der Waals surface area contributed by atoms with E-state index in [0.717, 1.165) is 19.3 Å². The molecule has 0 spiro atoms. The number of nitrogens with one attached hydrogen (secondary N) is 2. The number of amides is 1. The number of rotatable bonds is 4. The highest BCUT2D eigenvalue weighted by Crippen LogP contribution is 2.23. The van der Waals surface area contributed by atoms with Gasteiger partial charge in [0.2, 0.25) is 0 Å². The van der Waals surface area contributed by atoms with Crippen molar-refractivity contribution < 1.29 is 14.3 Å². The van der Waals surface area contributed by atoms with Gasteiger partial charge in [-0.05, 0) is 24.8 Å². The molecule has 2 unspecified atom stereocenters. The molecule has 1 amide bonds. The van der Waals surface area contributed by atoms with Crippen molar-refractivity contribution in [2.24, 2.45) is 5.92 Å². The average Bonchev–Trinajstić information content (AvgIpc) is 2.85. The van der Waals surface area contributed by atoms with Gasteiger partial charge in [0.15, 0.2) is 6.61 Å². The highest BCUT2D eigenvalue weighted by atomic mass is 35.5. The van der Waals surface area contributed by atoms with Crippen LogP contribution < -0.4 is 5.32 Å². The molecule has 0 radical (unpaired) electrons. The Kier molecular flexibility index (Phi) is 5.06. The monoisotopic (exact) mass is 298 g/mol. The fourth-order valence-electron chi connectivity index (χ4n) is 2.47. The van der Waals surface area contributed by atoms with Crippen LogP contribution in [0.5, 0.6) is 0 Å². The highest BCUT2D eigenvalue weighted by molar-refractivity contribution is 6.30. The SMILES string of the molecule is CC1CCCCC1NC(=O)COC(=O)c1cc(Cl)c[nH]1. The number of esters is 1. The molecule has 2 atom stereocenters. The standard InChI is InChI=1S/C14H19ClN2O3/c1-9-4-2-3-5-11(9)17-13(18)8-20-14(19)12-6-10(15)7-16-12/h6-7,9,11,16H,2-5,8H2,1H3,(H,17,18). The quantitative estimate of drug-likeness (QED) is 0.839. The maximum atomic E-state index is 11.8. The lowest BCUT2D eigenvalue weighted by Gasteiger charge is -2.29. The number of carbonyl (C=O) groups excluding carboxylic acids is 2. The molecule has 2 N–H and O–H groups in total. The first kappa shape index (κ1) is 14.9. The fraction of sp³-hybridized carbons (Fsp3) is 0.571. The molecule has 1 aromatic heterocycles. The number of hydrogen-bond acceptors (Lipinski definition) is 3. The van der Waals surface area contributed by atoms with E-state index in [-0.39, 0.29) is 24.2 Å². The average molecular weight is 299 g/mol. The Labute approximate surface area is 123 Å². The molecule has 0 aliphatic heterocycles. The zero-order valence-corrected chi connectivity index (χ0v) is 12.2. The summed E-state index contributed by atoms with van der Waals surface area (Å²) >= 11 is 5.69. The molecule has 1 aromatic rings. The minimum absolute atomic E-state index is 0.190. The lowest BCUT2D eigenvalue weighted by atomic mass is 9.86. The van der Waals surface area contributed by atoms with Gasteiger partial charge in [-0.1, -0.05) is 31.4 Å². The predicted octanol–water partition coefficient (Wildman–Crippen LogP) is 2.52. The predicted molar refractivity (Wildman–Crippen MR) is 75.6 cm³/mol. The molecule has 1 aliphatic rings. The summed E-state index contributed by atoms with van der Waals surface area (Å²) in [5.41, 5.74) is 0.244. The summed E-state index contributed by atoms with van der Waals surface area (Å²) in [6.45, 7) is 1.87. The first-order chi connectivity index (χ1) is 9.56. The number of hydrogen-bond donors (Lipinski definition) is 2. The molecule has 0 saturated heterocycles. The number of H-pyrrole nitrogens is 1. The summed E-state index contributed by atoms with van der Waals surface area (Å²) in [5, 5.41) is 3.36. The second-order valence-corrected chi connectivity index (χ2v) is 5.68. The van der Waals surface area contributed by atoms with E-state index in [0.29, 0.717) is 10.9 Å². The van der Waals surface area contributed by atoms with Crippen LogP contribution in [0.15, 0.2) is 12.3 Å². The molecule has 2 rings (SSSR count). The number of halogens is 1. The van der Waals surface area contributed by atoms with E-state index in [4.69, 9.17) is 16.3 Å². The van der Waals surface area contributed by atoms with Gasteiger partial charge in [-0.25, -0.2) is 4.79 Å². The summed E-state index contributed by atoms with van der Waals surface area (Å²) in [4.78, 5) is 26.1. The summed E-state index contributed by atoms with van der Waals surface area (Å²) in [5.74, 6) is -0.357. The van der Waals surface area contributed by atoms with E-state index < -0.39 is 5.97 Å². The van der Waals surface area contributed by atoms with Gasteiger partial charge in [-0.3, -0.25) is 4.79 Å². The van der Waals surface area contributed by atoms with Gasteiger partial charge in [-0.2, -0.15) is 0 Å². The fourth-order valence-corrected chi connectivity index (χ4v) is 2.64. The largest absolute Gasteiger partial charge is 0.451 e. The minimum Gasteiger partial charge on any atom is -0.451 e. The lowest BCUT2D eigenvalue weighted by molar-refractivity contribution is -0.125. The van der Waals surface area contributed by atoms with Crippen molar-refractivity contribution in [1.82, 2.24) is 10.3 Å². The summed E-state index contributed by atoms with van der Waals surface area (Å²) in [6, 6.07) is 1.65. The Morgan fingerprint density at radius 1 is 1.45 bits per heavy atom. The molecule has 0 bridgehead atoms. The normalized spacial score (nSPS) is 22.3. The third-order valence-corrected chi connectivity index (χ3v) is 3.88. The smallest absolute Gasteiger partial charge is 0.355 e. The maximum Gasteiger partial charge on any atom is 0.355 e. The highest BCUT2D eigenvalue weighted by Gasteiger charge is 2.23. The van der Waals surface area contributed by atoms with Crippen molar-refractivity contribution in [3.8, 4) is 0 Å². The Balaban J connectivity index is 1.76. The third kappa shape index (κ3) is 4.00. The van der Waals surface area contributed by atoms with Crippen molar-refractivity contribution in [1.29, 1.82) is 0 Å². The number of aromatic amines is 1. The molecule has 1 heterocycles. The van der Waals surface area contributed by atoms with Crippen LogP contribution in [0.3, 0.4) is 0 Å². The molecule has 1 aliphatic carbocycles. The Morgan fingerprint density at radius 2 is 2.20 bits per heavy atom. The third-order valence-electron chi connectivity index (χ3n) is 3.66. The molecule has 110 valence electrons. The van der Waals surface area contributed by atoms with E-state index in [9.17, 15) is 9.59 Å². The van der Waals surface area contributed by atoms with Gasteiger partial charge in [0.1, 0.15) is 5.69 Å². The summed E-state index contributed by atoms with van der Waals surface area (Å²) in [6.07, 6.45) is 5.97. The van der Waals surface area contributed by atoms with E-state index in [1.165, 1.54) is 18.7 Å². The van der Waals surface area contributed by atoms with Crippen LogP contribution in [0.2, 0.25) is 5.02 Å². The van der Waals surface area contributed by atoms with E-state index in [1.807, 2.05) is 0 Å². The first-order valence-electron chi connectivity index (χ1n) is 6.86. The van der Waals surface area contributed by atoms with Gasteiger partial charge in [0.25, 0.3) is 5.91 Å². The maximum absolute atomic E-state index is 11.8. The lowest BCUT2D eigenvalue weighted by Crippen LogP contribution is -2.42. The van der Waals surface area contributed by atoms with Gasteiger partial charge in [0.05, 0.1) is 5.02 Å². The summed E-state index contributed by atoms with van der Waals surface area (Å²) in [7, 11) is 0. The zero-order valence-electron chi connectivity index (χ0n) is 11.4. The first-order valence-corrected chi connectivity index (χ1v) is 7.24. The molecule has 1 fully saturated rings. The topological polar surface area (TPSA) is 71.2 Å². The molecule has 20 heavy (non-hydrogen) atoms. The van der Waals surface area contributed by atoms with E-state index in [1.54, 1.807) is 0 Å². The second-order valence-electron chi connectivity index (χ2n) is 5.24. The van der Waals surface area contributed by atoms with Crippen LogP contribution >= 0.6 is 11.6 Å². The van der Waals surface area contributed by atoms with E-state index in [2.05, 4.69) is 17.2 Å².